The Balaban J connectivity index is 0. The fourth-order valence-corrected chi connectivity index (χ4v) is 0.957. The number of carbonyl (C=O) groups excluding carboxylic acids is 2. The predicted molar refractivity (Wildman–Crippen MR) is 64.3 cm³/mol. The number of aliphatic carboxylic acids is 2. The van der Waals surface area contributed by atoms with Gasteiger partial charge in [0, 0.05) is 0 Å². The molecular formula is C10H21N3O9. The molecule has 0 aliphatic heterocycles. The Kier molecular flexibility index (Phi) is 11.1. The highest BCUT2D eigenvalue weighted by atomic mass is 16.4. The van der Waals surface area contributed by atoms with Gasteiger partial charge < -0.3 is 45.3 Å². The SMILES string of the molecule is C[N+](CC(=O)[O-])=C(N)[NH3+].O=C([O-])[C@H](O)[C@@H](O)[C@H](O)[C@H](O)CO. The number of aliphatic hydroxyl groups is 5. The Hall–Kier alpha value is -1.83. The van der Waals surface area contributed by atoms with Gasteiger partial charge in [-0.25, -0.2) is 10.3 Å². The van der Waals surface area contributed by atoms with Crippen molar-refractivity contribution in [2.75, 3.05) is 20.2 Å². The number of nitrogens with zero attached hydrogens (tertiary/aromatic N) is 1. The number of nitrogens with two attached hydrogens (primary N) is 1. The molecular weight excluding hydrogens is 306 g/mol. The minimum absolute atomic E-state index is 0.213. The number of quaternary nitrogens is 1. The molecule has 22 heavy (non-hydrogen) atoms. The zero-order valence-corrected chi connectivity index (χ0v) is 11.8. The molecule has 0 radical (unpaired) electrons. The summed E-state index contributed by atoms with van der Waals surface area (Å²) in [6, 6.07) is 0. The highest BCUT2D eigenvalue weighted by Crippen LogP contribution is 2.04. The highest BCUT2D eigenvalue weighted by Gasteiger charge is 2.30. The van der Waals surface area contributed by atoms with E-state index in [4.69, 9.17) is 31.3 Å². The Morgan fingerprint density at radius 1 is 1.18 bits per heavy atom. The van der Waals surface area contributed by atoms with Crippen molar-refractivity contribution in [3.63, 3.8) is 0 Å². The Labute approximate surface area is 125 Å². The van der Waals surface area contributed by atoms with Gasteiger partial charge in [0.1, 0.15) is 31.0 Å². The van der Waals surface area contributed by atoms with Crippen LogP contribution in [0.25, 0.3) is 0 Å². The van der Waals surface area contributed by atoms with Crippen LogP contribution in [0.5, 0.6) is 0 Å². The fraction of sp³-hybridized carbons (Fsp3) is 0.700. The lowest BCUT2D eigenvalue weighted by molar-refractivity contribution is -0.536. The molecule has 0 spiro atoms. The summed E-state index contributed by atoms with van der Waals surface area (Å²) >= 11 is 0. The molecule has 0 heterocycles. The topological polar surface area (TPSA) is 238 Å². The van der Waals surface area contributed by atoms with E-state index in [1.165, 1.54) is 11.6 Å². The van der Waals surface area contributed by atoms with Crippen molar-refractivity contribution >= 4 is 17.9 Å². The molecule has 0 aromatic rings. The third kappa shape index (κ3) is 9.17. The lowest BCUT2D eigenvalue weighted by Crippen LogP contribution is -2.66. The average molecular weight is 327 g/mol. The Bertz CT molecular complexity index is 397. The molecule has 0 unspecified atom stereocenters. The van der Waals surface area contributed by atoms with Gasteiger partial charge in [-0.1, -0.05) is 0 Å². The molecule has 4 atom stereocenters. The number of guanidine groups is 1. The minimum atomic E-state index is -2.31. The molecule has 0 aromatic carbocycles. The van der Waals surface area contributed by atoms with Crippen molar-refractivity contribution in [3.05, 3.63) is 0 Å². The maximum Gasteiger partial charge on any atom is 0.436 e. The van der Waals surface area contributed by atoms with Gasteiger partial charge in [-0.3, -0.25) is 5.73 Å². The van der Waals surface area contributed by atoms with E-state index in [2.05, 4.69) is 5.73 Å². The van der Waals surface area contributed by atoms with Gasteiger partial charge in [0.05, 0.1) is 25.6 Å². The molecule has 0 aliphatic carbocycles. The molecule has 0 amide bonds. The summed E-state index contributed by atoms with van der Waals surface area (Å²) in [4.78, 5) is 19.8. The maximum atomic E-state index is 9.98. The van der Waals surface area contributed by atoms with Crippen LogP contribution in [0.3, 0.4) is 0 Å². The first kappa shape index (κ1) is 22.5. The van der Waals surface area contributed by atoms with E-state index in [0.29, 0.717) is 0 Å². The van der Waals surface area contributed by atoms with Crippen LogP contribution in [0, 0.1) is 0 Å². The summed E-state index contributed by atoms with van der Waals surface area (Å²) in [7, 11) is 1.53. The van der Waals surface area contributed by atoms with Crippen LogP contribution in [0.1, 0.15) is 0 Å². The summed E-state index contributed by atoms with van der Waals surface area (Å²) in [6.07, 6.45) is -8.08. The van der Waals surface area contributed by atoms with Gasteiger partial charge in [0.25, 0.3) is 0 Å². The smallest absolute Gasteiger partial charge is 0.436 e. The van der Waals surface area contributed by atoms with Gasteiger partial charge >= 0.3 is 5.96 Å². The summed E-state index contributed by atoms with van der Waals surface area (Å²) < 4.78 is 1.29. The van der Waals surface area contributed by atoms with Crippen molar-refractivity contribution in [2.45, 2.75) is 24.4 Å². The summed E-state index contributed by atoms with van der Waals surface area (Å²) in [6.45, 7) is -1.08. The van der Waals surface area contributed by atoms with E-state index in [-0.39, 0.29) is 12.5 Å². The maximum absolute atomic E-state index is 9.98. The van der Waals surface area contributed by atoms with Gasteiger partial charge in [0.15, 0.2) is 0 Å². The van der Waals surface area contributed by atoms with E-state index in [1.807, 2.05) is 0 Å². The molecule has 0 rings (SSSR count). The summed E-state index contributed by atoms with van der Waals surface area (Å²) in [5.41, 5.74) is 8.45. The second-order valence-corrected chi connectivity index (χ2v) is 4.21. The monoisotopic (exact) mass is 327 g/mol. The molecule has 130 valence electrons. The van der Waals surface area contributed by atoms with E-state index >= 15 is 0 Å². The van der Waals surface area contributed by atoms with Gasteiger partial charge in [-0.2, -0.15) is 0 Å². The molecule has 0 fully saturated rings. The van der Waals surface area contributed by atoms with E-state index in [0.717, 1.165) is 0 Å². The Morgan fingerprint density at radius 2 is 1.64 bits per heavy atom. The largest absolute Gasteiger partial charge is 0.547 e. The number of rotatable bonds is 7. The van der Waals surface area contributed by atoms with E-state index in [9.17, 15) is 19.8 Å². The second-order valence-electron chi connectivity index (χ2n) is 4.21. The first-order chi connectivity index (χ1) is 9.95. The number of hydrogen-bond donors (Lipinski definition) is 7. The zero-order valence-electron chi connectivity index (χ0n) is 11.8. The number of carboxylic acid groups (broad SMARTS) is 2. The second kappa shape index (κ2) is 10.8. The number of carbonyl (C=O) groups is 2. The first-order valence-electron chi connectivity index (χ1n) is 5.85. The fourth-order valence-electron chi connectivity index (χ4n) is 0.957. The van der Waals surface area contributed by atoms with Crippen molar-refractivity contribution in [2.24, 2.45) is 5.73 Å². The molecule has 0 bridgehead atoms. The van der Waals surface area contributed by atoms with Crippen LogP contribution in [0.15, 0.2) is 0 Å². The number of likely N-dealkylation sites (N-methyl/N-ethyl adjacent to an activating group) is 1. The van der Waals surface area contributed by atoms with Crippen molar-refractivity contribution < 1.29 is 55.6 Å². The van der Waals surface area contributed by atoms with E-state index in [1.54, 1.807) is 0 Å². The molecule has 0 aliphatic rings. The minimum Gasteiger partial charge on any atom is -0.547 e. The van der Waals surface area contributed by atoms with Gasteiger partial charge in [0.2, 0.25) is 0 Å². The summed E-state index contributed by atoms with van der Waals surface area (Å²) in [5, 5.41) is 63.3. The van der Waals surface area contributed by atoms with Crippen LogP contribution in [-0.2, 0) is 9.59 Å². The third-order valence-corrected chi connectivity index (χ3v) is 2.35. The predicted octanol–water partition coefficient (Wildman–Crippen LogP) is -8.89. The molecule has 12 heteroatoms. The normalized spacial score (nSPS) is 17.2. The van der Waals surface area contributed by atoms with Crippen molar-refractivity contribution in [1.29, 1.82) is 0 Å². The number of aliphatic hydroxyl groups excluding tert-OH is 5. The van der Waals surface area contributed by atoms with Crippen molar-refractivity contribution in [1.82, 2.24) is 0 Å². The van der Waals surface area contributed by atoms with Crippen LogP contribution in [-0.4, -0.2) is 92.6 Å². The highest BCUT2D eigenvalue weighted by molar-refractivity contribution is 5.70. The van der Waals surface area contributed by atoms with E-state index < -0.39 is 43.0 Å². The van der Waals surface area contributed by atoms with Gasteiger partial charge in [-0.05, 0) is 0 Å². The van der Waals surface area contributed by atoms with Gasteiger partial charge in [-0.15, -0.1) is 0 Å². The molecule has 10 N–H and O–H groups in total. The lowest BCUT2D eigenvalue weighted by atomic mass is 10.0. The number of hydrogen-bond acceptors (Lipinski definition) is 9. The Morgan fingerprint density at radius 3 is 1.86 bits per heavy atom. The quantitative estimate of drug-likeness (QED) is 0.132. The molecule has 0 saturated heterocycles. The van der Waals surface area contributed by atoms with Crippen LogP contribution in [0.4, 0.5) is 0 Å². The standard InChI is InChI=1S/C6H12O7.C4H9N3O2/c7-1-2(8)3(9)4(10)5(11)6(12)13;1-7(4(5)6)2-3(8)9/h2-5,7-11H,1H2,(H,12,13);2H2,1H3,(H4,5,6,8,9)/t2-,3-,4+,5-;/m1./s1. The van der Waals surface area contributed by atoms with Crippen LogP contribution < -0.4 is 21.7 Å². The first-order valence-corrected chi connectivity index (χ1v) is 5.85. The zero-order chi connectivity index (χ0) is 18.0. The third-order valence-electron chi connectivity index (χ3n) is 2.35. The average Bonchev–Trinajstić information content (AvgIpc) is 2.43. The van der Waals surface area contributed by atoms with Crippen molar-refractivity contribution in [3.8, 4) is 0 Å². The molecule has 12 nitrogen and oxygen atoms in total. The summed E-state index contributed by atoms with van der Waals surface area (Å²) in [5.74, 6) is -2.92. The van der Waals surface area contributed by atoms with Crippen LogP contribution >= 0.6 is 0 Å². The number of carboxylic acids is 2. The van der Waals surface area contributed by atoms with Crippen LogP contribution in [0.2, 0.25) is 0 Å². The lowest BCUT2D eigenvalue weighted by Gasteiger charge is -2.25. The molecule has 0 saturated carbocycles. The molecule has 0 aromatic heterocycles.